The molecular weight excluding hydrogens is 454 g/mol. The van der Waals surface area contributed by atoms with Crippen molar-refractivity contribution in [2.45, 2.75) is 98.2 Å². The van der Waals surface area contributed by atoms with Gasteiger partial charge in [-0.15, -0.1) is 0 Å². The Bertz CT molecular complexity index is 736. The minimum Gasteiger partial charge on any atom is -0.344 e. The summed E-state index contributed by atoms with van der Waals surface area (Å²) in [7, 11) is -1.17. The molecule has 0 saturated carbocycles. The van der Waals surface area contributed by atoms with Crippen molar-refractivity contribution in [2.24, 2.45) is 11.8 Å². The van der Waals surface area contributed by atoms with Crippen LogP contribution in [0.15, 0.2) is 12.2 Å². The maximum Gasteiger partial charge on any atom is 0.243 e. The molecule has 0 saturated heterocycles. The van der Waals surface area contributed by atoms with Crippen LogP contribution in [-0.4, -0.2) is 57.8 Å². The summed E-state index contributed by atoms with van der Waals surface area (Å²) in [5.41, 5.74) is 0.340. The van der Waals surface area contributed by atoms with Crippen LogP contribution in [0.2, 0.25) is 0 Å². The normalized spacial score (nSPS) is 14.7. The van der Waals surface area contributed by atoms with Crippen LogP contribution in [0.25, 0.3) is 0 Å². The van der Waals surface area contributed by atoms with Gasteiger partial charge >= 0.3 is 0 Å². The Balaban J connectivity index is 5.53. The van der Waals surface area contributed by atoms with Crippen LogP contribution in [0.5, 0.6) is 0 Å². The molecule has 0 radical (unpaired) electrons. The van der Waals surface area contributed by atoms with Gasteiger partial charge in [-0.25, -0.2) is 0 Å². The van der Waals surface area contributed by atoms with Crippen molar-refractivity contribution in [3.8, 4) is 0 Å². The van der Waals surface area contributed by atoms with Gasteiger partial charge in [-0.2, -0.15) is 0 Å². The van der Waals surface area contributed by atoms with Gasteiger partial charge in [0.25, 0.3) is 0 Å². The van der Waals surface area contributed by atoms with Crippen LogP contribution < -0.4 is 16.0 Å². The number of carbonyl (C=O) groups is 4. The van der Waals surface area contributed by atoms with Crippen molar-refractivity contribution in [3.05, 3.63) is 12.2 Å². The molecule has 0 aliphatic carbocycles. The standard InChI is InChI=1S/C25H45N3O5S/c1-9-10-11-12-21(29)28-22(17(4)5)25(32)26-19(13-14-34(8)33)24(31)27-20(15-16(2)3)23(30)18(6)7/h16-17,19-20,22H,6,9-15H2,1-5,7-8H3,(H,26,32)(H,27,31)(H,28,29)/t19-,20-,22?,34?/m0/s1. The summed E-state index contributed by atoms with van der Waals surface area (Å²) in [5, 5.41) is 8.25. The molecule has 3 amide bonds. The molecular formula is C25H45N3O5S. The molecule has 0 aromatic heterocycles. The van der Waals surface area contributed by atoms with E-state index >= 15 is 0 Å². The van der Waals surface area contributed by atoms with Crippen molar-refractivity contribution in [3.63, 3.8) is 0 Å². The van der Waals surface area contributed by atoms with Crippen LogP contribution in [0.3, 0.4) is 0 Å². The summed E-state index contributed by atoms with van der Waals surface area (Å²) in [6.45, 7) is 14.9. The number of ketones is 1. The molecule has 0 heterocycles. The van der Waals surface area contributed by atoms with Gasteiger partial charge in [0, 0.05) is 29.2 Å². The molecule has 0 fully saturated rings. The first kappa shape index (κ1) is 32.0. The van der Waals surface area contributed by atoms with E-state index in [1.807, 2.05) is 34.6 Å². The van der Waals surface area contributed by atoms with Crippen LogP contribution in [0, 0.1) is 11.8 Å². The molecule has 0 rings (SSSR count). The minimum absolute atomic E-state index is 0.144. The molecule has 0 aliphatic rings. The lowest BCUT2D eigenvalue weighted by molar-refractivity contribution is -0.134. The molecule has 8 nitrogen and oxygen atoms in total. The molecule has 34 heavy (non-hydrogen) atoms. The third-order valence-corrected chi connectivity index (χ3v) is 6.17. The van der Waals surface area contributed by atoms with E-state index in [9.17, 15) is 23.4 Å². The SMILES string of the molecule is C=C(C)C(=O)[C@H](CC(C)C)NC(=O)[C@H](CCS(C)=O)NC(=O)C(NC(=O)CCCCC)C(C)C. The van der Waals surface area contributed by atoms with Gasteiger partial charge in [-0.1, -0.05) is 54.0 Å². The monoisotopic (exact) mass is 499 g/mol. The van der Waals surface area contributed by atoms with E-state index in [4.69, 9.17) is 0 Å². The van der Waals surface area contributed by atoms with Crippen molar-refractivity contribution < 1.29 is 23.4 Å². The summed E-state index contributed by atoms with van der Waals surface area (Å²) in [6, 6.07) is -2.54. The molecule has 9 heteroatoms. The van der Waals surface area contributed by atoms with Gasteiger partial charge in [0.05, 0.1) is 6.04 Å². The molecule has 196 valence electrons. The van der Waals surface area contributed by atoms with Gasteiger partial charge in [-0.3, -0.25) is 23.4 Å². The highest BCUT2D eigenvalue weighted by molar-refractivity contribution is 7.84. The van der Waals surface area contributed by atoms with Crippen molar-refractivity contribution in [1.29, 1.82) is 0 Å². The van der Waals surface area contributed by atoms with Crippen molar-refractivity contribution >= 4 is 34.3 Å². The fraction of sp³-hybridized carbons (Fsp3) is 0.760. The fourth-order valence-corrected chi connectivity index (χ4v) is 3.97. The molecule has 4 atom stereocenters. The van der Waals surface area contributed by atoms with E-state index in [2.05, 4.69) is 22.5 Å². The topological polar surface area (TPSA) is 121 Å². The first-order valence-corrected chi connectivity index (χ1v) is 13.9. The third kappa shape index (κ3) is 13.0. The van der Waals surface area contributed by atoms with E-state index in [0.717, 1.165) is 19.3 Å². The number of amides is 3. The highest BCUT2D eigenvalue weighted by atomic mass is 32.2. The first-order valence-electron chi connectivity index (χ1n) is 12.2. The highest BCUT2D eigenvalue weighted by Gasteiger charge is 2.31. The minimum atomic E-state index is -1.17. The lowest BCUT2D eigenvalue weighted by Crippen LogP contribution is -2.57. The van der Waals surface area contributed by atoms with E-state index in [0.29, 0.717) is 18.4 Å². The Labute approximate surface area is 207 Å². The van der Waals surface area contributed by atoms with Crippen LogP contribution in [0.1, 0.15) is 80.1 Å². The quantitative estimate of drug-likeness (QED) is 0.210. The number of nitrogens with one attached hydrogen (secondary N) is 3. The highest BCUT2D eigenvalue weighted by Crippen LogP contribution is 2.11. The summed E-state index contributed by atoms with van der Waals surface area (Å²) in [6.07, 6.45) is 5.10. The van der Waals surface area contributed by atoms with Gasteiger partial charge in [0.1, 0.15) is 12.1 Å². The second-order valence-corrected chi connectivity index (χ2v) is 11.3. The van der Waals surface area contributed by atoms with E-state index < -0.39 is 40.7 Å². The number of hydrogen-bond donors (Lipinski definition) is 3. The zero-order valence-electron chi connectivity index (χ0n) is 22.0. The summed E-state index contributed by atoms with van der Waals surface area (Å²) >= 11 is 0. The molecule has 2 unspecified atom stereocenters. The zero-order valence-corrected chi connectivity index (χ0v) is 22.8. The lowest BCUT2D eigenvalue weighted by Gasteiger charge is -2.27. The predicted octanol–water partition coefficient (Wildman–Crippen LogP) is 2.64. The number of Topliss-reactive ketones (excluding diaryl/α,β-unsaturated/α-hetero) is 1. The Morgan fingerprint density at radius 1 is 0.912 bits per heavy atom. The van der Waals surface area contributed by atoms with E-state index in [1.165, 1.54) is 6.26 Å². The summed E-state index contributed by atoms with van der Waals surface area (Å²) in [4.78, 5) is 51.0. The maximum atomic E-state index is 13.1. The smallest absolute Gasteiger partial charge is 0.243 e. The Morgan fingerprint density at radius 2 is 1.50 bits per heavy atom. The number of rotatable bonds is 17. The van der Waals surface area contributed by atoms with Crippen LogP contribution >= 0.6 is 0 Å². The van der Waals surface area contributed by atoms with Crippen molar-refractivity contribution in [1.82, 2.24) is 16.0 Å². The van der Waals surface area contributed by atoms with Crippen molar-refractivity contribution in [2.75, 3.05) is 12.0 Å². The number of hydrogen-bond acceptors (Lipinski definition) is 5. The van der Waals surface area contributed by atoms with Crippen LogP contribution in [-0.2, 0) is 30.0 Å². The lowest BCUT2D eigenvalue weighted by atomic mass is 9.96. The van der Waals surface area contributed by atoms with Gasteiger partial charge in [0.15, 0.2) is 5.78 Å². The van der Waals surface area contributed by atoms with E-state index in [-0.39, 0.29) is 35.7 Å². The molecule has 0 spiro atoms. The number of carbonyl (C=O) groups excluding carboxylic acids is 4. The van der Waals surface area contributed by atoms with Gasteiger partial charge < -0.3 is 16.0 Å². The molecule has 3 N–H and O–H groups in total. The maximum absolute atomic E-state index is 13.1. The number of unbranched alkanes of at least 4 members (excludes halogenated alkanes) is 2. The average Bonchev–Trinajstić information content (AvgIpc) is 2.72. The first-order chi connectivity index (χ1) is 15.8. The summed E-state index contributed by atoms with van der Waals surface area (Å²) in [5.74, 6) is -1.30. The second kappa shape index (κ2) is 16.6. The van der Waals surface area contributed by atoms with Gasteiger partial charge in [-0.05, 0) is 43.6 Å². The fourth-order valence-electron chi connectivity index (χ4n) is 3.40. The third-order valence-electron chi connectivity index (χ3n) is 5.36. The van der Waals surface area contributed by atoms with E-state index in [1.54, 1.807) is 6.92 Å². The Kier molecular flexibility index (Phi) is 15.6. The molecule has 0 aromatic carbocycles. The zero-order chi connectivity index (χ0) is 26.4. The van der Waals surface area contributed by atoms with Gasteiger partial charge in [0.2, 0.25) is 17.7 Å². The average molecular weight is 500 g/mol. The van der Waals surface area contributed by atoms with Crippen LogP contribution in [0.4, 0.5) is 0 Å². The Hall–Kier alpha value is -2.03. The molecule has 0 bridgehead atoms. The molecule has 0 aliphatic heterocycles. The second-order valence-electron chi connectivity index (χ2n) is 9.71. The predicted molar refractivity (Wildman–Crippen MR) is 138 cm³/mol. The largest absolute Gasteiger partial charge is 0.344 e. The molecule has 0 aromatic rings. The Morgan fingerprint density at radius 3 is 1.97 bits per heavy atom. The summed E-state index contributed by atoms with van der Waals surface area (Å²) < 4.78 is 11.7.